The Balaban J connectivity index is 1.18. The molecule has 0 radical (unpaired) electrons. The number of fused-ring (bicyclic) bond motifs is 7. The maximum atomic E-state index is 5.34. The Morgan fingerprint density at radius 2 is 1.21 bits per heavy atom. The van der Waals surface area contributed by atoms with Crippen molar-refractivity contribution in [3.05, 3.63) is 181 Å². The topological polar surface area (TPSA) is 40.6 Å². The molecule has 1 aliphatic carbocycles. The number of hydrogen-bond donors (Lipinski definition) is 0. The molecule has 0 N–H and O–H groups in total. The summed E-state index contributed by atoms with van der Waals surface area (Å²) in [5, 5.41) is 4.86. The maximum absolute atomic E-state index is 5.34. The van der Waals surface area contributed by atoms with E-state index >= 15 is 0 Å². The van der Waals surface area contributed by atoms with Gasteiger partial charge in [0, 0.05) is 32.8 Å². The van der Waals surface area contributed by atoms with Gasteiger partial charge in [-0.05, 0) is 91.7 Å². The maximum Gasteiger partial charge on any atom is 0.138 e. The highest BCUT2D eigenvalue weighted by molar-refractivity contribution is 6.19. The second kappa shape index (κ2) is 12.4. The molecule has 10 rings (SSSR count). The van der Waals surface area contributed by atoms with Gasteiger partial charge in [-0.3, -0.25) is 9.13 Å². The van der Waals surface area contributed by atoms with Crippen LogP contribution < -0.4 is 0 Å². The summed E-state index contributed by atoms with van der Waals surface area (Å²) in [7, 11) is 0. The van der Waals surface area contributed by atoms with Crippen molar-refractivity contribution in [2.45, 2.75) is 13.3 Å². The number of pyridine rings is 2. The van der Waals surface area contributed by atoms with E-state index in [4.69, 9.17) is 9.97 Å². The van der Waals surface area contributed by atoms with Gasteiger partial charge in [0.05, 0.1) is 44.8 Å². The fourth-order valence-electron chi connectivity index (χ4n) is 8.19. The van der Waals surface area contributed by atoms with E-state index in [1.165, 1.54) is 32.6 Å². The van der Waals surface area contributed by atoms with Crippen LogP contribution >= 0.6 is 0 Å². The number of hydrogen-bond acceptors (Lipinski definition) is 2. The molecule has 0 fully saturated rings. The summed E-state index contributed by atoms with van der Waals surface area (Å²) in [6, 6.07) is 45.1. The molecule has 1 aliphatic rings. The third-order valence-electron chi connectivity index (χ3n) is 10.4. The van der Waals surface area contributed by atoms with E-state index in [0.29, 0.717) is 0 Å². The second-order valence-corrected chi connectivity index (χ2v) is 13.4. The lowest BCUT2D eigenvalue weighted by Crippen LogP contribution is -2.04. The lowest BCUT2D eigenvalue weighted by molar-refractivity contribution is 0.975. The van der Waals surface area contributed by atoms with Crippen LogP contribution in [0.15, 0.2) is 158 Å². The van der Waals surface area contributed by atoms with Gasteiger partial charge in [-0.1, -0.05) is 104 Å². The molecule has 0 spiro atoms. The zero-order valence-electron chi connectivity index (χ0n) is 29.3. The van der Waals surface area contributed by atoms with Crippen LogP contribution in [0.3, 0.4) is 0 Å². The Morgan fingerprint density at radius 3 is 1.89 bits per heavy atom. The fraction of sp³-hybridized carbons (Fsp3) is 0.0417. The van der Waals surface area contributed by atoms with Gasteiger partial charge < -0.3 is 4.57 Å². The molecule has 0 aliphatic heterocycles. The summed E-state index contributed by atoms with van der Waals surface area (Å²) in [6.07, 6.45) is 15.6. The standard InChI is InChI=1S/C48H35N5/c1-3-17-41-33(4-2)34-20-9-6-10-25-43(34)52(41)47-28-15-23-39(49-47)40-24-16-29-48(50-40)53-44-27-14-12-22-36(44)38-30-37-35-21-11-13-26-42(35)51(45(37)31-46(38)53)32-18-7-5-8-19-32/h3-19,21-31H,2,20H2,1H3/b17-3-. The summed E-state index contributed by atoms with van der Waals surface area (Å²) < 4.78 is 6.92. The molecule has 0 saturated carbocycles. The number of aromatic nitrogens is 5. The minimum atomic E-state index is 0.807. The molecular formula is C48H35N5. The van der Waals surface area contributed by atoms with E-state index in [2.05, 4.69) is 178 Å². The summed E-state index contributed by atoms with van der Waals surface area (Å²) in [5.74, 6) is 1.68. The zero-order chi connectivity index (χ0) is 35.5. The third-order valence-corrected chi connectivity index (χ3v) is 10.4. The molecule has 0 unspecified atom stereocenters. The molecule has 0 atom stereocenters. The zero-order valence-corrected chi connectivity index (χ0v) is 29.3. The minimum Gasteiger partial charge on any atom is -0.309 e. The lowest BCUT2D eigenvalue weighted by Gasteiger charge is -2.13. The highest BCUT2D eigenvalue weighted by Crippen LogP contribution is 2.40. The molecule has 0 amide bonds. The normalized spacial score (nSPS) is 12.8. The smallest absolute Gasteiger partial charge is 0.138 e. The van der Waals surface area contributed by atoms with Crippen molar-refractivity contribution in [3.8, 4) is 28.7 Å². The van der Waals surface area contributed by atoms with E-state index in [1.807, 2.05) is 19.1 Å². The third kappa shape index (κ3) is 4.78. The van der Waals surface area contributed by atoms with Crippen LogP contribution in [-0.4, -0.2) is 23.7 Å². The predicted molar refractivity (Wildman–Crippen MR) is 222 cm³/mol. The molecule has 0 bridgehead atoms. The van der Waals surface area contributed by atoms with Gasteiger partial charge >= 0.3 is 0 Å². The van der Waals surface area contributed by atoms with Gasteiger partial charge in [0.2, 0.25) is 0 Å². The molecular weight excluding hydrogens is 647 g/mol. The average Bonchev–Trinajstić information content (AvgIpc) is 3.73. The molecule has 252 valence electrons. The van der Waals surface area contributed by atoms with Crippen molar-refractivity contribution in [1.29, 1.82) is 0 Å². The van der Waals surface area contributed by atoms with Crippen LogP contribution in [0.5, 0.6) is 0 Å². The molecule has 5 heteroatoms. The first kappa shape index (κ1) is 30.8. The highest BCUT2D eigenvalue weighted by Gasteiger charge is 2.22. The van der Waals surface area contributed by atoms with Gasteiger partial charge in [-0.15, -0.1) is 0 Å². The van der Waals surface area contributed by atoms with Gasteiger partial charge in [0.15, 0.2) is 0 Å². The summed E-state index contributed by atoms with van der Waals surface area (Å²) in [5.41, 5.74) is 11.9. The minimum absolute atomic E-state index is 0.807. The van der Waals surface area contributed by atoms with Gasteiger partial charge in [0.1, 0.15) is 11.6 Å². The Labute approximate surface area is 307 Å². The number of benzene rings is 4. The first-order chi connectivity index (χ1) is 26.2. The monoisotopic (exact) mass is 681 g/mol. The quantitative estimate of drug-likeness (QED) is 0.175. The molecule has 5 aromatic heterocycles. The Morgan fingerprint density at radius 1 is 0.585 bits per heavy atom. The van der Waals surface area contributed by atoms with E-state index in [0.717, 1.165) is 68.6 Å². The summed E-state index contributed by atoms with van der Waals surface area (Å²) >= 11 is 0. The largest absolute Gasteiger partial charge is 0.309 e. The highest BCUT2D eigenvalue weighted by atomic mass is 15.1. The van der Waals surface area contributed by atoms with Crippen LogP contribution in [0.2, 0.25) is 0 Å². The number of para-hydroxylation sites is 3. The van der Waals surface area contributed by atoms with Gasteiger partial charge in [-0.25, -0.2) is 9.97 Å². The van der Waals surface area contributed by atoms with Crippen molar-refractivity contribution < 1.29 is 0 Å². The van der Waals surface area contributed by atoms with E-state index in [-0.39, 0.29) is 0 Å². The van der Waals surface area contributed by atoms with Crippen molar-refractivity contribution in [2.24, 2.45) is 0 Å². The van der Waals surface area contributed by atoms with Gasteiger partial charge in [0.25, 0.3) is 0 Å². The van der Waals surface area contributed by atoms with Crippen molar-refractivity contribution in [1.82, 2.24) is 23.7 Å². The van der Waals surface area contributed by atoms with Crippen LogP contribution in [0.4, 0.5) is 0 Å². The first-order valence-corrected chi connectivity index (χ1v) is 18.1. The van der Waals surface area contributed by atoms with Crippen LogP contribution in [0.1, 0.15) is 29.4 Å². The van der Waals surface area contributed by atoms with Gasteiger partial charge in [-0.2, -0.15) is 0 Å². The predicted octanol–water partition coefficient (Wildman–Crippen LogP) is 11.9. The summed E-state index contributed by atoms with van der Waals surface area (Å²) in [6.45, 7) is 6.23. The summed E-state index contributed by atoms with van der Waals surface area (Å²) in [4.78, 5) is 10.6. The number of allylic oxidation sites excluding steroid dienone is 4. The van der Waals surface area contributed by atoms with Crippen LogP contribution in [-0.2, 0) is 6.42 Å². The van der Waals surface area contributed by atoms with Crippen molar-refractivity contribution >= 4 is 61.8 Å². The van der Waals surface area contributed by atoms with Crippen LogP contribution in [0, 0.1) is 0 Å². The molecule has 9 aromatic rings. The molecule has 5 nitrogen and oxygen atoms in total. The molecule has 4 aromatic carbocycles. The van der Waals surface area contributed by atoms with Crippen LogP contribution in [0.25, 0.3) is 90.6 Å². The molecule has 0 saturated heterocycles. The lowest BCUT2D eigenvalue weighted by atomic mass is 10.1. The second-order valence-electron chi connectivity index (χ2n) is 13.4. The van der Waals surface area contributed by atoms with E-state index in [9.17, 15) is 0 Å². The molecule has 53 heavy (non-hydrogen) atoms. The first-order valence-electron chi connectivity index (χ1n) is 18.1. The Hall–Kier alpha value is -6.98. The number of rotatable bonds is 6. The van der Waals surface area contributed by atoms with E-state index in [1.54, 1.807) is 0 Å². The Kier molecular flexibility index (Phi) is 7.18. The molecule has 5 heterocycles. The number of nitrogens with zero attached hydrogens (tertiary/aromatic N) is 5. The van der Waals surface area contributed by atoms with Crippen molar-refractivity contribution in [2.75, 3.05) is 0 Å². The SMILES string of the molecule is C=Cc1c2c(n(-c3cccc(-c4cccc(-n5c6ccccc6c6cc7c8ccccc8n(-c8ccccc8)c7cc65)n4)n3)c1/C=C\C)C=CC=CC2. The average molecular weight is 682 g/mol. The Bertz CT molecular complexity index is 3000. The van der Waals surface area contributed by atoms with E-state index < -0.39 is 0 Å². The van der Waals surface area contributed by atoms with Crippen molar-refractivity contribution in [3.63, 3.8) is 0 Å². The fourth-order valence-corrected chi connectivity index (χ4v) is 8.19.